The third kappa shape index (κ3) is 6.60. The van der Waals surface area contributed by atoms with Crippen LogP contribution in [0.3, 0.4) is 0 Å². The summed E-state index contributed by atoms with van der Waals surface area (Å²) in [4.78, 5) is 24.5. The molecule has 0 aromatic carbocycles. The molecule has 2 fully saturated rings. The number of hydrogen-bond acceptors (Lipinski definition) is 3. The summed E-state index contributed by atoms with van der Waals surface area (Å²) in [5.74, 6) is 0.808. The number of halogens is 1. The van der Waals surface area contributed by atoms with Gasteiger partial charge in [-0.3, -0.25) is 9.59 Å². The summed E-state index contributed by atoms with van der Waals surface area (Å²) in [6, 6.07) is -0.301. The second-order valence-corrected chi connectivity index (χ2v) is 7.39. The Balaban J connectivity index is 0.00000288. The van der Waals surface area contributed by atoms with Gasteiger partial charge in [0.25, 0.3) is 0 Å². The van der Waals surface area contributed by atoms with Crippen LogP contribution in [0.1, 0.15) is 71.1 Å². The molecule has 0 aromatic heterocycles. The molecule has 2 aliphatic rings. The SMILES string of the molecule is CC(NC(=O)CC1CCCCC1)C(=O)NC1CCCCC1CN.Cl. The molecule has 0 aromatic rings. The summed E-state index contributed by atoms with van der Waals surface area (Å²) in [7, 11) is 0. The maximum atomic E-state index is 12.3. The predicted molar refractivity (Wildman–Crippen MR) is 99.0 cm³/mol. The Morgan fingerprint density at radius 2 is 1.67 bits per heavy atom. The lowest BCUT2D eigenvalue weighted by atomic mass is 9.84. The van der Waals surface area contributed by atoms with E-state index in [4.69, 9.17) is 5.73 Å². The summed E-state index contributed by atoms with van der Waals surface area (Å²) < 4.78 is 0. The van der Waals surface area contributed by atoms with Gasteiger partial charge >= 0.3 is 0 Å². The van der Waals surface area contributed by atoms with Crippen LogP contribution in [0.15, 0.2) is 0 Å². The molecule has 5 nitrogen and oxygen atoms in total. The topological polar surface area (TPSA) is 84.2 Å². The molecule has 0 saturated heterocycles. The van der Waals surface area contributed by atoms with E-state index >= 15 is 0 Å². The lowest BCUT2D eigenvalue weighted by Crippen LogP contribution is -2.51. The van der Waals surface area contributed by atoms with E-state index in [2.05, 4.69) is 10.6 Å². The zero-order chi connectivity index (χ0) is 16.7. The van der Waals surface area contributed by atoms with Gasteiger partial charge in [0.15, 0.2) is 0 Å². The van der Waals surface area contributed by atoms with E-state index in [-0.39, 0.29) is 30.3 Å². The number of rotatable bonds is 6. The first kappa shape index (κ1) is 21.2. The number of carbonyl (C=O) groups excluding carboxylic acids is 2. The second-order valence-electron chi connectivity index (χ2n) is 7.39. The quantitative estimate of drug-likeness (QED) is 0.681. The van der Waals surface area contributed by atoms with E-state index in [1.54, 1.807) is 6.92 Å². The second kappa shape index (κ2) is 10.9. The molecule has 2 aliphatic carbocycles. The number of amides is 2. The Kier molecular flexibility index (Phi) is 9.67. The molecule has 2 rings (SSSR count). The van der Waals surface area contributed by atoms with Crippen LogP contribution in [-0.4, -0.2) is 30.4 Å². The van der Waals surface area contributed by atoms with Crippen molar-refractivity contribution in [3.63, 3.8) is 0 Å². The molecule has 2 amide bonds. The first-order valence-corrected chi connectivity index (χ1v) is 9.40. The molecular weight excluding hydrogens is 326 g/mol. The molecule has 0 bridgehead atoms. The van der Waals surface area contributed by atoms with Crippen LogP contribution in [0.4, 0.5) is 0 Å². The van der Waals surface area contributed by atoms with Crippen molar-refractivity contribution < 1.29 is 9.59 Å². The summed E-state index contributed by atoms with van der Waals surface area (Å²) in [6.45, 7) is 2.39. The van der Waals surface area contributed by atoms with Gasteiger partial charge in [0, 0.05) is 12.5 Å². The van der Waals surface area contributed by atoms with Gasteiger partial charge in [-0.1, -0.05) is 32.1 Å². The van der Waals surface area contributed by atoms with Crippen molar-refractivity contribution in [2.24, 2.45) is 17.6 Å². The van der Waals surface area contributed by atoms with Gasteiger partial charge in [-0.05, 0) is 51.0 Å². The molecule has 24 heavy (non-hydrogen) atoms. The highest BCUT2D eigenvalue weighted by Gasteiger charge is 2.27. The van der Waals surface area contributed by atoms with Crippen molar-refractivity contribution >= 4 is 24.2 Å². The van der Waals surface area contributed by atoms with Crippen molar-refractivity contribution in [1.82, 2.24) is 10.6 Å². The molecule has 0 radical (unpaired) electrons. The van der Waals surface area contributed by atoms with Crippen molar-refractivity contribution in [3.8, 4) is 0 Å². The Morgan fingerprint density at radius 3 is 2.33 bits per heavy atom. The summed E-state index contributed by atoms with van der Waals surface area (Å²) in [6.07, 6.45) is 11.0. The van der Waals surface area contributed by atoms with Crippen molar-refractivity contribution in [2.45, 2.75) is 83.2 Å². The fourth-order valence-electron chi connectivity index (χ4n) is 4.01. The average molecular weight is 360 g/mol. The monoisotopic (exact) mass is 359 g/mol. The van der Waals surface area contributed by atoms with Gasteiger partial charge in [0.1, 0.15) is 6.04 Å². The fraction of sp³-hybridized carbons (Fsp3) is 0.889. The summed E-state index contributed by atoms with van der Waals surface area (Å²) in [5.41, 5.74) is 5.81. The summed E-state index contributed by atoms with van der Waals surface area (Å²) in [5, 5.41) is 5.96. The standard InChI is InChI=1S/C18H33N3O2.ClH/c1-13(20-17(22)11-14-7-3-2-4-8-14)18(23)21-16-10-6-5-9-15(16)12-19;/h13-16H,2-12,19H2,1H3,(H,20,22)(H,21,23);1H. The maximum Gasteiger partial charge on any atom is 0.242 e. The minimum absolute atomic E-state index is 0. The van der Waals surface area contributed by atoms with Crippen molar-refractivity contribution in [2.75, 3.05) is 6.54 Å². The Morgan fingerprint density at radius 1 is 1.04 bits per heavy atom. The Hall–Kier alpha value is -0.810. The van der Waals surface area contributed by atoms with E-state index in [1.807, 2.05) is 0 Å². The fourth-order valence-corrected chi connectivity index (χ4v) is 4.01. The number of carbonyl (C=O) groups is 2. The molecule has 0 spiro atoms. The zero-order valence-electron chi connectivity index (χ0n) is 14.9. The van der Waals surface area contributed by atoms with Gasteiger partial charge in [-0.25, -0.2) is 0 Å². The molecule has 140 valence electrons. The van der Waals surface area contributed by atoms with E-state index in [9.17, 15) is 9.59 Å². The smallest absolute Gasteiger partial charge is 0.242 e. The van der Waals surface area contributed by atoms with Gasteiger partial charge < -0.3 is 16.4 Å². The largest absolute Gasteiger partial charge is 0.351 e. The van der Waals surface area contributed by atoms with Crippen molar-refractivity contribution in [3.05, 3.63) is 0 Å². The molecule has 2 saturated carbocycles. The minimum atomic E-state index is -0.466. The van der Waals surface area contributed by atoms with E-state index in [1.165, 1.54) is 25.7 Å². The number of nitrogens with two attached hydrogens (primary N) is 1. The van der Waals surface area contributed by atoms with E-state index < -0.39 is 6.04 Å². The maximum absolute atomic E-state index is 12.3. The third-order valence-electron chi connectivity index (χ3n) is 5.51. The lowest BCUT2D eigenvalue weighted by molar-refractivity contribution is -0.129. The highest BCUT2D eigenvalue weighted by Crippen LogP contribution is 2.26. The van der Waals surface area contributed by atoms with Crippen LogP contribution < -0.4 is 16.4 Å². The normalized spacial score (nSPS) is 26.1. The van der Waals surface area contributed by atoms with Crippen LogP contribution in [0, 0.1) is 11.8 Å². The summed E-state index contributed by atoms with van der Waals surface area (Å²) >= 11 is 0. The predicted octanol–water partition coefficient (Wildman–Crippen LogP) is 2.52. The van der Waals surface area contributed by atoms with Crippen LogP contribution in [0.5, 0.6) is 0 Å². The zero-order valence-corrected chi connectivity index (χ0v) is 15.7. The van der Waals surface area contributed by atoms with Crippen LogP contribution in [0.2, 0.25) is 0 Å². The molecule has 0 aliphatic heterocycles. The van der Waals surface area contributed by atoms with Gasteiger partial charge in [0.05, 0.1) is 0 Å². The molecule has 4 N–H and O–H groups in total. The van der Waals surface area contributed by atoms with Gasteiger partial charge in [0.2, 0.25) is 11.8 Å². The van der Waals surface area contributed by atoms with Crippen molar-refractivity contribution in [1.29, 1.82) is 0 Å². The third-order valence-corrected chi connectivity index (χ3v) is 5.51. The molecule has 6 heteroatoms. The molecular formula is C18H34ClN3O2. The van der Waals surface area contributed by atoms with E-state index in [0.717, 1.165) is 32.1 Å². The molecule has 3 unspecified atom stereocenters. The first-order chi connectivity index (χ1) is 11.1. The average Bonchev–Trinajstić information content (AvgIpc) is 2.56. The minimum Gasteiger partial charge on any atom is -0.351 e. The van der Waals surface area contributed by atoms with Gasteiger partial charge in [-0.15, -0.1) is 12.4 Å². The van der Waals surface area contributed by atoms with Crippen LogP contribution in [-0.2, 0) is 9.59 Å². The lowest BCUT2D eigenvalue weighted by Gasteiger charge is -2.32. The van der Waals surface area contributed by atoms with E-state index in [0.29, 0.717) is 24.8 Å². The van der Waals surface area contributed by atoms with Crippen LogP contribution in [0.25, 0.3) is 0 Å². The first-order valence-electron chi connectivity index (χ1n) is 9.40. The molecule has 3 atom stereocenters. The van der Waals surface area contributed by atoms with Crippen LogP contribution >= 0.6 is 12.4 Å². The number of nitrogens with one attached hydrogen (secondary N) is 2. The Labute approximate surface area is 152 Å². The van der Waals surface area contributed by atoms with Gasteiger partial charge in [-0.2, -0.15) is 0 Å². The Bertz CT molecular complexity index is 400. The molecule has 0 heterocycles. The highest BCUT2D eigenvalue weighted by molar-refractivity contribution is 5.87. The highest BCUT2D eigenvalue weighted by atomic mass is 35.5. The number of hydrogen-bond donors (Lipinski definition) is 3.